The van der Waals surface area contributed by atoms with Crippen molar-refractivity contribution in [2.45, 2.75) is 57.9 Å². The molecule has 1 aliphatic carbocycles. The quantitative estimate of drug-likeness (QED) is 0.705. The normalized spacial score (nSPS) is 19.9. The summed E-state index contributed by atoms with van der Waals surface area (Å²) in [6, 6.07) is -0.184. The Kier molecular flexibility index (Phi) is 5.44. The molecule has 0 aliphatic heterocycles. The van der Waals surface area contributed by atoms with E-state index < -0.39 is 5.97 Å². The van der Waals surface area contributed by atoms with Crippen LogP contribution in [0.5, 0.6) is 0 Å². The summed E-state index contributed by atoms with van der Waals surface area (Å²) in [5.74, 6) is -0.878. The van der Waals surface area contributed by atoms with E-state index in [1.165, 1.54) is 6.42 Å². The van der Waals surface area contributed by atoms with Crippen molar-refractivity contribution in [3.05, 3.63) is 0 Å². The van der Waals surface area contributed by atoms with Gasteiger partial charge in [-0.2, -0.15) is 0 Å². The first kappa shape index (κ1) is 14.8. The third-order valence-corrected chi connectivity index (χ3v) is 3.51. The molecule has 0 spiro atoms. The molecule has 1 unspecified atom stereocenters. The van der Waals surface area contributed by atoms with E-state index in [2.05, 4.69) is 17.6 Å². The average Bonchev–Trinajstić information content (AvgIpc) is 2.26. The van der Waals surface area contributed by atoms with Crippen molar-refractivity contribution in [1.29, 1.82) is 0 Å². The van der Waals surface area contributed by atoms with Crippen LogP contribution in [-0.4, -0.2) is 29.2 Å². The van der Waals surface area contributed by atoms with Gasteiger partial charge in [0.15, 0.2) is 0 Å². The molecule has 0 radical (unpaired) electrons. The molecule has 0 aromatic heterocycles. The fourth-order valence-electron chi connectivity index (χ4n) is 2.41. The van der Waals surface area contributed by atoms with Crippen molar-refractivity contribution in [3.8, 4) is 0 Å². The van der Waals surface area contributed by atoms with Gasteiger partial charge in [0, 0.05) is 18.5 Å². The van der Waals surface area contributed by atoms with E-state index in [-0.39, 0.29) is 23.9 Å². The summed E-state index contributed by atoms with van der Waals surface area (Å²) in [4.78, 5) is 22.2. The Bertz CT molecular complexity index is 299. The average molecular weight is 256 g/mol. The lowest BCUT2D eigenvalue weighted by molar-refractivity contribution is -0.137. The van der Waals surface area contributed by atoms with Gasteiger partial charge in [0.05, 0.1) is 0 Å². The number of aliphatic carboxylic acids is 1. The van der Waals surface area contributed by atoms with Crippen LogP contribution in [-0.2, 0) is 4.79 Å². The molecule has 0 saturated heterocycles. The molecule has 5 heteroatoms. The van der Waals surface area contributed by atoms with Gasteiger partial charge < -0.3 is 15.7 Å². The Balaban J connectivity index is 2.26. The van der Waals surface area contributed by atoms with Crippen LogP contribution >= 0.6 is 0 Å². The summed E-state index contributed by atoms with van der Waals surface area (Å²) in [5.41, 5.74) is -0.0988. The molecule has 1 saturated carbocycles. The number of nitrogens with one attached hydrogen (secondary N) is 2. The third kappa shape index (κ3) is 5.38. The summed E-state index contributed by atoms with van der Waals surface area (Å²) < 4.78 is 0. The van der Waals surface area contributed by atoms with Crippen LogP contribution in [0.4, 0.5) is 4.79 Å². The lowest BCUT2D eigenvalue weighted by Gasteiger charge is -2.34. The van der Waals surface area contributed by atoms with Gasteiger partial charge in [-0.05, 0) is 25.7 Å². The Morgan fingerprint density at radius 2 is 1.89 bits per heavy atom. The van der Waals surface area contributed by atoms with E-state index >= 15 is 0 Å². The van der Waals surface area contributed by atoms with Gasteiger partial charge in [0.25, 0.3) is 0 Å². The summed E-state index contributed by atoms with van der Waals surface area (Å²) >= 11 is 0. The fourth-order valence-corrected chi connectivity index (χ4v) is 2.41. The molecule has 1 rings (SSSR count). The topological polar surface area (TPSA) is 78.4 Å². The zero-order chi connectivity index (χ0) is 13.6. The number of carbonyl (C=O) groups excluding carboxylic acids is 1. The molecule has 1 fully saturated rings. The summed E-state index contributed by atoms with van der Waals surface area (Å²) in [7, 11) is 0. The molecule has 1 aliphatic rings. The lowest BCUT2D eigenvalue weighted by atomic mass is 9.83. The monoisotopic (exact) mass is 256 g/mol. The lowest BCUT2D eigenvalue weighted by Crippen LogP contribution is -2.51. The second-order valence-electron chi connectivity index (χ2n) is 5.66. The Morgan fingerprint density at radius 3 is 2.44 bits per heavy atom. The molecule has 18 heavy (non-hydrogen) atoms. The number of amides is 2. The summed E-state index contributed by atoms with van der Waals surface area (Å²) in [6.07, 6.45) is 5.68. The second kappa shape index (κ2) is 6.61. The van der Waals surface area contributed by atoms with Gasteiger partial charge in [-0.25, -0.2) is 4.79 Å². The summed E-state index contributed by atoms with van der Waals surface area (Å²) in [5, 5.41) is 14.4. The highest BCUT2D eigenvalue weighted by Crippen LogP contribution is 2.27. The number of carbonyl (C=O) groups is 2. The molecular formula is C13H24N2O3. The van der Waals surface area contributed by atoms with Gasteiger partial charge in [0.1, 0.15) is 0 Å². The highest BCUT2D eigenvalue weighted by atomic mass is 16.4. The van der Waals surface area contributed by atoms with Gasteiger partial charge in [0.2, 0.25) is 0 Å². The third-order valence-electron chi connectivity index (χ3n) is 3.51. The minimum absolute atomic E-state index is 0.0487. The van der Waals surface area contributed by atoms with Gasteiger partial charge >= 0.3 is 12.0 Å². The van der Waals surface area contributed by atoms with Gasteiger partial charge in [-0.1, -0.05) is 26.2 Å². The van der Waals surface area contributed by atoms with Crippen molar-refractivity contribution in [2.24, 2.45) is 5.92 Å². The first-order chi connectivity index (χ1) is 8.41. The maximum absolute atomic E-state index is 11.7. The standard InChI is InChI=1S/C13H24N2O3/c1-10(8-11(16)17)9-14-12(18)15-13(2)6-4-3-5-7-13/h10H,3-9H2,1-2H3,(H,16,17)(H2,14,15,18). The van der Waals surface area contributed by atoms with E-state index in [1.54, 1.807) is 0 Å². The predicted molar refractivity (Wildman–Crippen MR) is 69.4 cm³/mol. The SMILES string of the molecule is CC(CNC(=O)NC1(C)CCCCC1)CC(=O)O. The van der Waals surface area contributed by atoms with E-state index in [9.17, 15) is 9.59 Å². The molecule has 2 amide bonds. The number of carboxylic acid groups (broad SMARTS) is 1. The molecule has 0 aromatic carbocycles. The van der Waals surface area contributed by atoms with Crippen LogP contribution in [0.25, 0.3) is 0 Å². The van der Waals surface area contributed by atoms with Gasteiger partial charge in [-0.15, -0.1) is 0 Å². The number of carboxylic acids is 1. The molecule has 1 atom stereocenters. The zero-order valence-corrected chi connectivity index (χ0v) is 11.3. The first-order valence-corrected chi connectivity index (χ1v) is 6.69. The molecule has 0 bridgehead atoms. The zero-order valence-electron chi connectivity index (χ0n) is 11.3. The molecule has 104 valence electrons. The molecule has 0 aromatic rings. The first-order valence-electron chi connectivity index (χ1n) is 6.69. The van der Waals surface area contributed by atoms with Crippen LogP contribution < -0.4 is 10.6 Å². The highest BCUT2D eigenvalue weighted by Gasteiger charge is 2.28. The van der Waals surface area contributed by atoms with Gasteiger partial charge in [-0.3, -0.25) is 4.79 Å². The Labute approximate surface area is 108 Å². The van der Waals surface area contributed by atoms with Crippen molar-refractivity contribution in [3.63, 3.8) is 0 Å². The van der Waals surface area contributed by atoms with E-state index in [1.807, 2.05) is 6.92 Å². The van der Waals surface area contributed by atoms with Crippen LogP contribution in [0, 0.1) is 5.92 Å². The smallest absolute Gasteiger partial charge is 0.315 e. The van der Waals surface area contributed by atoms with Crippen LogP contribution in [0.1, 0.15) is 52.4 Å². The number of hydrogen-bond acceptors (Lipinski definition) is 2. The van der Waals surface area contributed by atoms with Crippen LogP contribution in [0.3, 0.4) is 0 Å². The van der Waals surface area contributed by atoms with Crippen molar-refractivity contribution in [1.82, 2.24) is 10.6 Å². The number of rotatable bonds is 5. The Hall–Kier alpha value is -1.26. The van der Waals surface area contributed by atoms with Crippen molar-refractivity contribution >= 4 is 12.0 Å². The van der Waals surface area contributed by atoms with E-state index in [0.717, 1.165) is 25.7 Å². The Morgan fingerprint density at radius 1 is 1.28 bits per heavy atom. The summed E-state index contributed by atoms with van der Waals surface area (Å²) in [6.45, 7) is 4.29. The van der Waals surface area contributed by atoms with Crippen LogP contribution in [0.2, 0.25) is 0 Å². The van der Waals surface area contributed by atoms with Crippen molar-refractivity contribution in [2.75, 3.05) is 6.54 Å². The molecule has 0 heterocycles. The molecular weight excluding hydrogens is 232 g/mol. The fraction of sp³-hybridized carbons (Fsp3) is 0.846. The van der Waals surface area contributed by atoms with Crippen molar-refractivity contribution < 1.29 is 14.7 Å². The second-order valence-corrected chi connectivity index (χ2v) is 5.66. The maximum atomic E-state index is 11.7. The number of urea groups is 1. The minimum Gasteiger partial charge on any atom is -0.481 e. The largest absolute Gasteiger partial charge is 0.481 e. The minimum atomic E-state index is -0.830. The van der Waals surface area contributed by atoms with Crippen LogP contribution in [0.15, 0.2) is 0 Å². The predicted octanol–water partition coefficient (Wildman–Crippen LogP) is 2.12. The molecule has 5 nitrogen and oxygen atoms in total. The number of hydrogen-bond donors (Lipinski definition) is 3. The van der Waals surface area contributed by atoms with E-state index in [4.69, 9.17) is 5.11 Å². The molecule has 3 N–H and O–H groups in total. The highest BCUT2D eigenvalue weighted by molar-refractivity contribution is 5.74. The van der Waals surface area contributed by atoms with E-state index in [0.29, 0.717) is 6.54 Å². The maximum Gasteiger partial charge on any atom is 0.315 e.